The zero-order valence-electron chi connectivity index (χ0n) is 15.9. The number of anilines is 1. The van der Waals surface area contributed by atoms with E-state index in [2.05, 4.69) is 28.5 Å². The number of amides is 1. The quantitative estimate of drug-likeness (QED) is 0.827. The lowest BCUT2D eigenvalue weighted by Gasteiger charge is -2.28. The molecule has 6 nitrogen and oxygen atoms in total. The SMILES string of the molecule is CCn1c(C)c(C(=O)N(C)C)sc1=Nc1ccc(N2CCOCC2)cc1. The number of morpholine rings is 1. The first kappa shape index (κ1) is 18.7. The number of hydrogen-bond acceptors (Lipinski definition) is 5. The summed E-state index contributed by atoms with van der Waals surface area (Å²) in [4.78, 5) is 22.7. The van der Waals surface area contributed by atoms with E-state index in [-0.39, 0.29) is 5.91 Å². The minimum atomic E-state index is 0.0267. The van der Waals surface area contributed by atoms with E-state index in [1.165, 1.54) is 17.0 Å². The standard InChI is InChI=1S/C19H26N4O2S/c1-5-23-14(2)17(18(24)21(3)4)26-19(23)20-15-6-8-16(9-7-15)22-10-12-25-13-11-22/h6-9H,5,10-13H2,1-4H3. The molecule has 1 fully saturated rings. The number of ether oxygens (including phenoxy) is 1. The fourth-order valence-corrected chi connectivity index (χ4v) is 4.25. The molecular weight excluding hydrogens is 348 g/mol. The van der Waals surface area contributed by atoms with Gasteiger partial charge in [0.15, 0.2) is 4.80 Å². The second-order valence-corrected chi connectivity index (χ2v) is 7.45. The van der Waals surface area contributed by atoms with Crippen molar-refractivity contribution in [2.24, 2.45) is 4.99 Å². The molecule has 7 heteroatoms. The largest absolute Gasteiger partial charge is 0.378 e. The van der Waals surface area contributed by atoms with E-state index >= 15 is 0 Å². The minimum Gasteiger partial charge on any atom is -0.378 e. The Hall–Kier alpha value is -2.12. The molecule has 0 spiro atoms. The van der Waals surface area contributed by atoms with Gasteiger partial charge in [-0.05, 0) is 38.1 Å². The highest BCUT2D eigenvalue weighted by Gasteiger charge is 2.17. The van der Waals surface area contributed by atoms with E-state index in [9.17, 15) is 4.79 Å². The lowest BCUT2D eigenvalue weighted by Crippen LogP contribution is -2.36. The third-order valence-electron chi connectivity index (χ3n) is 4.53. The number of carbonyl (C=O) groups is 1. The van der Waals surface area contributed by atoms with Crippen LogP contribution in [0, 0.1) is 6.92 Å². The minimum absolute atomic E-state index is 0.0267. The molecule has 0 bridgehead atoms. The summed E-state index contributed by atoms with van der Waals surface area (Å²) in [7, 11) is 3.55. The number of hydrogen-bond donors (Lipinski definition) is 0. The highest BCUT2D eigenvalue weighted by Crippen LogP contribution is 2.21. The Morgan fingerprint density at radius 2 is 1.88 bits per heavy atom. The van der Waals surface area contributed by atoms with Gasteiger partial charge in [0.25, 0.3) is 5.91 Å². The predicted molar refractivity (Wildman–Crippen MR) is 105 cm³/mol. The first-order valence-corrected chi connectivity index (χ1v) is 9.72. The summed E-state index contributed by atoms with van der Waals surface area (Å²) in [6.45, 7) is 8.24. The third-order valence-corrected chi connectivity index (χ3v) is 5.69. The van der Waals surface area contributed by atoms with Crippen LogP contribution in [0.5, 0.6) is 0 Å². The lowest BCUT2D eigenvalue weighted by atomic mass is 10.2. The molecular formula is C19H26N4O2S. The zero-order chi connectivity index (χ0) is 18.7. The summed E-state index contributed by atoms with van der Waals surface area (Å²) in [5.74, 6) is 0.0267. The maximum Gasteiger partial charge on any atom is 0.265 e. The van der Waals surface area contributed by atoms with Crippen LogP contribution in [0.15, 0.2) is 29.3 Å². The normalized spacial score (nSPS) is 15.4. The number of carbonyl (C=O) groups excluding carboxylic acids is 1. The van der Waals surface area contributed by atoms with E-state index in [0.717, 1.165) is 53.9 Å². The number of thiazole rings is 1. The summed E-state index contributed by atoms with van der Waals surface area (Å²) >= 11 is 1.45. The van der Waals surface area contributed by atoms with Crippen LogP contribution in [0.2, 0.25) is 0 Å². The summed E-state index contributed by atoms with van der Waals surface area (Å²) in [6.07, 6.45) is 0. The van der Waals surface area contributed by atoms with Crippen molar-refractivity contribution in [1.82, 2.24) is 9.47 Å². The number of aromatic nitrogens is 1. The van der Waals surface area contributed by atoms with Gasteiger partial charge in [0, 0.05) is 45.1 Å². The van der Waals surface area contributed by atoms with Gasteiger partial charge in [-0.2, -0.15) is 0 Å². The molecule has 1 aliphatic rings. The molecule has 3 rings (SSSR count). The van der Waals surface area contributed by atoms with Gasteiger partial charge >= 0.3 is 0 Å². The predicted octanol–water partition coefficient (Wildman–Crippen LogP) is 2.65. The second kappa shape index (κ2) is 8.05. The molecule has 0 aliphatic carbocycles. The lowest BCUT2D eigenvalue weighted by molar-refractivity contribution is 0.0831. The average Bonchev–Trinajstić information content (AvgIpc) is 2.97. The van der Waals surface area contributed by atoms with E-state index in [1.54, 1.807) is 19.0 Å². The molecule has 2 aromatic rings. The average molecular weight is 375 g/mol. The maximum atomic E-state index is 12.4. The van der Waals surface area contributed by atoms with Crippen molar-refractivity contribution in [2.75, 3.05) is 45.3 Å². The van der Waals surface area contributed by atoms with Gasteiger partial charge in [-0.25, -0.2) is 4.99 Å². The molecule has 0 atom stereocenters. The molecule has 0 N–H and O–H groups in total. The molecule has 2 heterocycles. The summed E-state index contributed by atoms with van der Waals surface area (Å²) in [6, 6.07) is 8.28. The number of nitrogens with zero attached hydrogens (tertiary/aromatic N) is 4. The molecule has 0 saturated carbocycles. The van der Waals surface area contributed by atoms with Crippen LogP contribution in [0.25, 0.3) is 0 Å². The van der Waals surface area contributed by atoms with Gasteiger partial charge in [0.2, 0.25) is 0 Å². The van der Waals surface area contributed by atoms with Gasteiger partial charge in [-0.1, -0.05) is 11.3 Å². The first-order chi connectivity index (χ1) is 12.5. The van der Waals surface area contributed by atoms with Crippen LogP contribution in [0.4, 0.5) is 11.4 Å². The Balaban J connectivity index is 1.91. The Kier molecular flexibility index (Phi) is 5.78. The van der Waals surface area contributed by atoms with Crippen molar-refractivity contribution < 1.29 is 9.53 Å². The van der Waals surface area contributed by atoms with Gasteiger partial charge in [-0.3, -0.25) is 4.79 Å². The maximum absolute atomic E-state index is 12.4. The fourth-order valence-electron chi connectivity index (χ4n) is 3.01. The van der Waals surface area contributed by atoms with Crippen molar-refractivity contribution in [2.45, 2.75) is 20.4 Å². The summed E-state index contributed by atoms with van der Waals surface area (Å²) in [5.41, 5.74) is 3.07. The third kappa shape index (κ3) is 3.83. The van der Waals surface area contributed by atoms with E-state index in [1.807, 2.05) is 19.1 Å². The van der Waals surface area contributed by atoms with Crippen molar-refractivity contribution in [3.05, 3.63) is 39.6 Å². The summed E-state index contributed by atoms with van der Waals surface area (Å²) < 4.78 is 7.50. The Bertz CT molecular complexity index is 830. The number of rotatable bonds is 4. The van der Waals surface area contributed by atoms with E-state index in [4.69, 9.17) is 9.73 Å². The number of benzene rings is 1. The molecule has 1 aliphatic heterocycles. The summed E-state index contributed by atoms with van der Waals surface area (Å²) in [5, 5.41) is 0. The second-order valence-electron chi connectivity index (χ2n) is 6.47. The highest BCUT2D eigenvalue weighted by molar-refractivity contribution is 7.11. The van der Waals surface area contributed by atoms with Crippen LogP contribution < -0.4 is 9.70 Å². The van der Waals surface area contributed by atoms with Crippen molar-refractivity contribution >= 4 is 28.6 Å². The van der Waals surface area contributed by atoms with Crippen LogP contribution in [-0.2, 0) is 11.3 Å². The van der Waals surface area contributed by atoms with Crippen LogP contribution >= 0.6 is 11.3 Å². The smallest absolute Gasteiger partial charge is 0.265 e. The van der Waals surface area contributed by atoms with Crippen LogP contribution in [0.1, 0.15) is 22.3 Å². The fraction of sp³-hybridized carbons (Fsp3) is 0.474. The molecule has 26 heavy (non-hydrogen) atoms. The van der Waals surface area contributed by atoms with Gasteiger partial charge in [0.1, 0.15) is 4.88 Å². The molecule has 0 unspecified atom stereocenters. The molecule has 1 saturated heterocycles. The molecule has 0 radical (unpaired) electrons. The molecule has 1 aromatic heterocycles. The van der Waals surface area contributed by atoms with Gasteiger partial charge in [-0.15, -0.1) is 0 Å². The van der Waals surface area contributed by atoms with E-state index in [0.29, 0.717) is 0 Å². The zero-order valence-corrected chi connectivity index (χ0v) is 16.7. The highest BCUT2D eigenvalue weighted by atomic mass is 32.1. The van der Waals surface area contributed by atoms with Gasteiger partial charge < -0.3 is 19.1 Å². The van der Waals surface area contributed by atoms with Crippen LogP contribution in [0.3, 0.4) is 0 Å². The van der Waals surface area contributed by atoms with Gasteiger partial charge in [0.05, 0.1) is 18.9 Å². The monoisotopic (exact) mass is 374 g/mol. The Morgan fingerprint density at radius 1 is 1.23 bits per heavy atom. The Morgan fingerprint density at radius 3 is 2.46 bits per heavy atom. The van der Waals surface area contributed by atoms with Crippen molar-refractivity contribution in [3.63, 3.8) is 0 Å². The molecule has 140 valence electrons. The van der Waals surface area contributed by atoms with Crippen LogP contribution in [-0.4, -0.2) is 55.8 Å². The topological polar surface area (TPSA) is 50.1 Å². The van der Waals surface area contributed by atoms with E-state index < -0.39 is 0 Å². The molecule has 1 amide bonds. The Labute approximate surface area is 158 Å². The van der Waals surface area contributed by atoms with Crippen molar-refractivity contribution in [1.29, 1.82) is 0 Å². The first-order valence-electron chi connectivity index (χ1n) is 8.90. The van der Waals surface area contributed by atoms with Crippen molar-refractivity contribution in [3.8, 4) is 0 Å². The molecule has 1 aromatic carbocycles.